The van der Waals surface area contributed by atoms with Crippen LogP contribution in [0, 0.1) is 13.8 Å². The molecule has 0 fully saturated rings. The molecule has 0 unspecified atom stereocenters. The first kappa shape index (κ1) is 11.1. The Balaban J connectivity index is 2.26. The number of anilines is 1. The SMILES string of the molecule is Cc1cccc(C)c1N1C=[N+](CCO)CC1. The standard InChI is InChI=1S/C13H19N2O/c1-11-4-3-5-12(2)13(11)15-7-6-14(10-15)8-9-16/h3-5,10,16H,6-9H2,1-2H3/q+1. The van der Waals surface area contributed by atoms with Gasteiger partial charge in [0, 0.05) is 0 Å². The Bertz CT molecular complexity index is 392. The molecule has 0 spiro atoms. The molecule has 0 saturated heterocycles. The molecule has 86 valence electrons. The predicted octanol–water partition coefficient (Wildman–Crippen LogP) is 1.16. The molecule has 1 heterocycles. The van der Waals surface area contributed by atoms with Crippen LogP contribution in [-0.2, 0) is 0 Å². The van der Waals surface area contributed by atoms with E-state index < -0.39 is 0 Å². The lowest BCUT2D eigenvalue weighted by atomic mass is 10.1. The Labute approximate surface area is 96.6 Å². The summed E-state index contributed by atoms with van der Waals surface area (Å²) in [4.78, 5) is 2.28. The van der Waals surface area contributed by atoms with E-state index >= 15 is 0 Å². The summed E-state index contributed by atoms with van der Waals surface area (Å²) in [5.74, 6) is 0. The molecular formula is C13H19N2O+. The summed E-state index contributed by atoms with van der Waals surface area (Å²) in [7, 11) is 0. The molecule has 0 atom stereocenters. The minimum Gasteiger partial charge on any atom is -0.392 e. The molecule has 0 aromatic heterocycles. The zero-order chi connectivity index (χ0) is 11.5. The largest absolute Gasteiger partial charge is 0.392 e. The predicted molar refractivity (Wildman–Crippen MR) is 66.4 cm³/mol. The Morgan fingerprint density at radius 1 is 1.31 bits per heavy atom. The van der Waals surface area contributed by atoms with Gasteiger partial charge in [-0.05, 0) is 25.0 Å². The second-order valence-corrected chi connectivity index (χ2v) is 4.31. The van der Waals surface area contributed by atoms with Crippen molar-refractivity contribution in [2.24, 2.45) is 0 Å². The lowest BCUT2D eigenvalue weighted by molar-refractivity contribution is -0.515. The van der Waals surface area contributed by atoms with Crippen molar-refractivity contribution in [3.05, 3.63) is 29.3 Å². The average Bonchev–Trinajstić information content (AvgIpc) is 2.67. The highest BCUT2D eigenvalue weighted by atomic mass is 16.3. The molecule has 1 aliphatic rings. The van der Waals surface area contributed by atoms with E-state index in [0.717, 1.165) is 19.6 Å². The van der Waals surface area contributed by atoms with Crippen molar-refractivity contribution in [3.63, 3.8) is 0 Å². The molecule has 3 heteroatoms. The van der Waals surface area contributed by atoms with Gasteiger partial charge in [0.1, 0.15) is 25.3 Å². The van der Waals surface area contributed by atoms with Gasteiger partial charge in [-0.3, -0.25) is 4.58 Å². The Kier molecular flexibility index (Phi) is 3.25. The molecule has 0 bridgehead atoms. The monoisotopic (exact) mass is 219 g/mol. The minimum atomic E-state index is 0.219. The van der Waals surface area contributed by atoms with Crippen molar-refractivity contribution in [2.75, 3.05) is 31.1 Å². The lowest BCUT2D eigenvalue weighted by Crippen LogP contribution is -2.20. The van der Waals surface area contributed by atoms with Gasteiger partial charge in [0.2, 0.25) is 6.34 Å². The van der Waals surface area contributed by atoms with Crippen LogP contribution in [0.5, 0.6) is 0 Å². The quantitative estimate of drug-likeness (QED) is 0.772. The summed E-state index contributed by atoms with van der Waals surface area (Å²) in [5.41, 5.74) is 3.92. The van der Waals surface area contributed by atoms with Crippen LogP contribution in [0.2, 0.25) is 0 Å². The van der Waals surface area contributed by atoms with Gasteiger partial charge in [-0.1, -0.05) is 18.2 Å². The van der Waals surface area contributed by atoms with Crippen LogP contribution >= 0.6 is 0 Å². The van der Waals surface area contributed by atoms with Crippen molar-refractivity contribution >= 4 is 12.0 Å². The molecule has 1 aromatic rings. The number of rotatable bonds is 3. The summed E-state index contributed by atoms with van der Waals surface area (Å²) < 4.78 is 2.16. The molecule has 1 aliphatic heterocycles. The number of aliphatic hydroxyl groups excluding tert-OH is 1. The van der Waals surface area contributed by atoms with E-state index in [9.17, 15) is 0 Å². The van der Waals surface area contributed by atoms with Gasteiger partial charge >= 0.3 is 0 Å². The highest BCUT2D eigenvalue weighted by Gasteiger charge is 2.23. The average molecular weight is 219 g/mol. The van der Waals surface area contributed by atoms with Crippen molar-refractivity contribution in [3.8, 4) is 0 Å². The van der Waals surface area contributed by atoms with Crippen LogP contribution in [-0.4, -0.2) is 42.3 Å². The third kappa shape index (κ3) is 2.09. The molecule has 0 aliphatic carbocycles. The topological polar surface area (TPSA) is 26.5 Å². The van der Waals surface area contributed by atoms with Crippen LogP contribution in [0.1, 0.15) is 11.1 Å². The van der Waals surface area contributed by atoms with Crippen LogP contribution in [0.3, 0.4) is 0 Å². The summed E-state index contributed by atoms with van der Waals surface area (Å²) in [6.45, 7) is 7.23. The zero-order valence-corrected chi connectivity index (χ0v) is 9.98. The Morgan fingerprint density at radius 3 is 2.62 bits per heavy atom. The van der Waals surface area contributed by atoms with Crippen LogP contribution in [0.25, 0.3) is 0 Å². The maximum absolute atomic E-state index is 8.91. The molecular weight excluding hydrogens is 200 g/mol. The van der Waals surface area contributed by atoms with Gasteiger partial charge in [-0.15, -0.1) is 0 Å². The third-order valence-electron chi connectivity index (χ3n) is 3.04. The molecule has 2 rings (SSSR count). The van der Waals surface area contributed by atoms with Crippen LogP contribution in [0.4, 0.5) is 5.69 Å². The van der Waals surface area contributed by atoms with E-state index in [1.807, 2.05) is 0 Å². The van der Waals surface area contributed by atoms with Crippen molar-refractivity contribution < 1.29 is 9.68 Å². The Morgan fingerprint density at radius 2 is 2.00 bits per heavy atom. The van der Waals surface area contributed by atoms with E-state index in [-0.39, 0.29) is 6.61 Å². The molecule has 0 radical (unpaired) electrons. The summed E-state index contributed by atoms with van der Waals surface area (Å²) in [6, 6.07) is 6.38. The summed E-state index contributed by atoms with van der Waals surface area (Å²) in [5, 5.41) is 8.91. The number of hydrogen-bond donors (Lipinski definition) is 1. The van der Waals surface area contributed by atoms with Gasteiger partial charge in [0.05, 0.1) is 6.61 Å². The maximum Gasteiger partial charge on any atom is 0.239 e. The van der Waals surface area contributed by atoms with Crippen molar-refractivity contribution in [2.45, 2.75) is 13.8 Å². The van der Waals surface area contributed by atoms with Gasteiger partial charge in [-0.2, -0.15) is 0 Å². The number of aliphatic hydroxyl groups is 1. The van der Waals surface area contributed by atoms with Crippen molar-refractivity contribution in [1.29, 1.82) is 0 Å². The lowest BCUT2D eigenvalue weighted by Gasteiger charge is -2.12. The smallest absolute Gasteiger partial charge is 0.239 e. The molecule has 3 nitrogen and oxygen atoms in total. The zero-order valence-electron chi connectivity index (χ0n) is 9.98. The first-order chi connectivity index (χ1) is 7.72. The number of nitrogens with zero attached hydrogens (tertiary/aromatic N) is 2. The van der Waals surface area contributed by atoms with Crippen LogP contribution in [0.15, 0.2) is 18.2 Å². The number of hydrogen-bond acceptors (Lipinski definition) is 2. The number of aryl methyl sites for hydroxylation is 2. The highest BCUT2D eigenvalue weighted by molar-refractivity contribution is 5.80. The third-order valence-corrected chi connectivity index (χ3v) is 3.04. The number of para-hydroxylation sites is 1. The van der Waals surface area contributed by atoms with E-state index in [0.29, 0.717) is 0 Å². The molecule has 16 heavy (non-hydrogen) atoms. The first-order valence-corrected chi connectivity index (χ1v) is 5.75. The molecule has 0 amide bonds. The molecule has 1 N–H and O–H groups in total. The summed E-state index contributed by atoms with van der Waals surface area (Å²) in [6.07, 6.45) is 2.12. The fraction of sp³-hybridized carbons (Fsp3) is 0.462. The van der Waals surface area contributed by atoms with Gasteiger partial charge < -0.3 is 5.11 Å². The molecule has 1 aromatic carbocycles. The number of benzene rings is 1. The van der Waals surface area contributed by atoms with Gasteiger partial charge in [0.15, 0.2) is 0 Å². The minimum absolute atomic E-state index is 0.219. The summed E-state index contributed by atoms with van der Waals surface area (Å²) >= 11 is 0. The van der Waals surface area contributed by atoms with E-state index in [1.165, 1.54) is 16.8 Å². The maximum atomic E-state index is 8.91. The van der Waals surface area contributed by atoms with E-state index in [1.54, 1.807) is 0 Å². The van der Waals surface area contributed by atoms with E-state index in [4.69, 9.17) is 5.11 Å². The second-order valence-electron chi connectivity index (χ2n) is 4.31. The fourth-order valence-electron chi connectivity index (χ4n) is 2.27. The fourth-order valence-corrected chi connectivity index (χ4v) is 2.27. The van der Waals surface area contributed by atoms with Gasteiger partial charge in [0.25, 0.3) is 0 Å². The van der Waals surface area contributed by atoms with Crippen LogP contribution < -0.4 is 4.90 Å². The van der Waals surface area contributed by atoms with Gasteiger partial charge in [-0.25, -0.2) is 4.90 Å². The van der Waals surface area contributed by atoms with Crippen molar-refractivity contribution in [1.82, 2.24) is 0 Å². The second kappa shape index (κ2) is 4.66. The van der Waals surface area contributed by atoms with E-state index in [2.05, 4.69) is 47.9 Å². The Hall–Kier alpha value is -1.35. The molecule has 0 saturated carbocycles. The highest BCUT2D eigenvalue weighted by Crippen LogP contribution is 2.24. The normalized spacial score (nSPS) is 15.4. The first-order valence-electron chi connectivity index (χ1n) is 5.75. The number of β-amino-alcohol motifs (C(OH)–C–C–N with tert-alkyl or cyclic N) is 1.